The van der Waals surface area contributed by atoms with Gasteiger partial charge >= 0.3 is 0 Å². The van der Waals surface area contributed by atoms with Crippen LogP contribution in [0.3, 0.4) is 0 Å². The molecule has 0 bridgehead atoms. The first kappa shape index (κ1) is 21.5. The lowest BCUT2D eigenvalue weighted by Crippen LogP contribution is -2.47. The molecule has 0 saturated heterocycles. The van der Waals surface area contributed by atoms with Gasteiger partial charge in [0.05, 0.1) is 22.1 Å². The molecule has 160 valence electrons. The van der Waals surface area contributed by atoms with E-state index in [1.54, 1.807) is 24.3 Å². The highest BCUT2D eigenvalue weighted by Gasteiger charge is 2.33. The number of benzene rings is 2. The maximum Gasteiger partial charge on any atom is 0.268 e. The van der Waals surface area contributed by atoms with E-state index in [0.29, 0.717) is 17.1 Å². The Morgan fingerprint density at radius 3 is 2.87 bits per heavy atom. The van der Waals surface area contributed by atoms with E-state index in [9.17, 15) is 9.59 Å². The van der Waals surface area contributed by atoms with Crippen molar-refractivity contribution >= 4 is 50.5 Å². The van der Waals surface area contributed by atoms with Gasteiger partial charge in [-0.2, -0.15) is 0 Å². The van der Waals surface area contributed by atoms with Gasteiger partial charge in [0.25, 0.3) is 5.91 Å². The number of nitrogens with zero attached hydrogens (tertiary/aromatic N) is 2. The molecule has 1 aromatic heterocycles. The molecule has 0 aliphatic carbocycles. The molecule has 1 atom stereocenters. The van der Waals surface area contributed by atoms with Crippen molar-refractivity contribution < 1.29 is 14.3 Å². The molecular formula is C23H22BrN3O3S. The van der Waals surface area contributed by atoms with Crippen LogP contribution in [0.4, 0.5) is 11.4 Å². The predicted molar refractivity (Wildman–Crippen MR) is 127 cm³/mol. The number of fused-ring (bicyclic) bond motifs is 1. The summed E-state index contributed by atoms with van der Waals surface area (Å²) < 4.78 is 6.56. The van der Waals surface area contributed by atoms with Crippen LogP contribution in [0.1, 0.15) is 25.3 Å². The molecular weight excluding hydrogens is 478 g/mol. The third-order valence-electron chi connectivity index (χ3n) is 4.93. The second-order valence-electron chi connectivity index (χ2n) is 7.27. The third-order valence-corrected chi connectivity index (χ3v) is 6.53. The number of halogens is 1. The van der Waals surface area contributed by atoms with Gasteiger partial charge in [0.1, 0.15) is 12.3 Å². The minimum absolute atomic E-state index is 0.109. The van der Waals surface area contributed by atoms with Gasteiger partial charge in [-0.05, 0) is 66.0 Å². The topological polar surface area (TPSA) is 71.5 Å². The number of hydrogen-bond acceptors (Lipinski definition) is 5. The lowest BCUT2D eigenvalue weighted by Gasteiger charge is -2.32. The SMILES string of the molecule is CCCc1nc(-c2ccc3c(c2)N(CC(=O)Nc2ccccc2Br)C(=O)C(C)O3)cs1. The van der Waals surface area contributed by atoms with Gasteiger partial charge in [0.15, 0.2) is 6.10 Å². The van der Waals surface area contributed by atoms with E-state index in [0.717, 1.165) is 33.6 Å². The van der Waals surface area contributed by atoms with E-state index in [4.69, 9.17) is 9.72 Å². The first-order valence-electron chi connectivity index (χ1n) is 10.1. The quantitative estimate of drug-likeness (QED) is 0.500. The number of rotatable bonds is 6. The number of hydrogen-bond donors (Lipinski definition) is 1. The van der Waals surface area contributed by atoms with Crippen LogP contribution in [-0.4, -0.2) is 29.4 Å². The molecule has 2 aromatic carbocycles. The average molecular weight is 500 g/mol. The largest absolute Gasteiger partial charge is 0.479 e. The second-order valence-corrected chi connectivity index (χ2v) is 9.07. The Morgan fingerprint density at radius 2 is 2.10 bits per heavy atom. The molecule has 0 spiro atoms. The van der Waals surface area contributed by atoms with Gasteiger partial charge in [-0.1, -0.05) is 19.1 Å². The van der Waals surface area contributed by atoms with E-state index in [1.165, 1.54) is 4.90 Å². The van der Waals surface area contributed by atoms with Crippen molar-refractivity contribution in [1.82, 2.24) is 4.98 Å². The number of thiazole rings is 1. The zero-order chi connectivity index (χ0) is 22.0. The van der Waals surface area contributed by atoms with Gasteiger partial charge < -0.3 is 10.1 Å². The summed E-state index contributed by atoms with van der Waals surface area (Å²) in [4.78, 5) is 31.8. The van der Waals surface area contributed by atoms with E-state index >= 15 is 0 Å². The fourth-order valence-corrected chi connectivity index (χ4v) is 4.69. The van der Waals surface area contributed by atoms with Crippen LogP contribution in [0.15, 0.2) is 52.3 Å². The Balaban J connectivity index is 1.61. The number of carbonyl (C=O) groups is 2. The predicted octanol–water partition coefficient (Wildman–Crippen LogP) is 5.28. The fourth-order valence-electron chi connectivity index (χ4n) is 3.40. The Kier molecular flexibility index (Phi) is 6.38. The highest BCUT2D eigenvalue weighted by molar-refractivity contribution is 9.10. The maximum atomic E-state index is 12.9. The van der Waals surface area contributed by atoms with Crippen molar-refractivity contribution in [2.75, 3.05) is 16.8 Å². The van der Waals surface area contributed by atoms with Gasteiger partial charge in [-0.25, -0.2) is 4.98 Å². The molecule has 6 nitrogen and oxygen atoms in total. The number of anilines is 2. The van der Waals surface area contributed by atoms with Crippen LogP contribution in [0.2, 0.25) is 0 Å². The van der Waals surface area contributed by atoms with E-state index in [-0.39, 0.29) is 18.4 Å². The molecule has 31 heavy (non-hydrogen) atoms. The molecule has 1 aliphatic rings. The fraction of sp³-hybridized carbons (Fsp3) is 0.261. The molecule has 1 unspecified atom stereocenters. The molecule has 0 radical (unpaired) electrons. The second kappa shape index (κ2) is 9.20. The number of aromatic nitrogens is 1. The minimum atomic E-state index is -0.662. The summed E-state index contributed by atoms with van der Waals surface area (Å²) in [6.07, 6.45) is 1.32. The van der Waals surface area contributed by atoms with E-state index < -0.39 is 6.10 Å². The van der Waals surface area contributed by atoms with Crippen LogP contribution < -0.4 is 15.0 Å². The van der Waals surface area contributed by atoms with Gasteiger partial charge in [-0.15, -0.1) is 11.3 Å². The summed E-state index contributed by atoms with van der Waals surface area (Å²) in [6.45, 7) is 3.71. The lowest BCUT2D eigenvalue weighted by atomic mass is 10.1. The number of aryl methyl sites for hydroxylation is 1. The van der Waals surface area contributed by atoms with Crippen LogP contribution in [0, 0.1) is 0 Å². The van der Waals surface area contributed by atoms with E-state index in [2.05, 4.69) is 28.2 Å². The first-order chi connectivity index (χ1) is 15.0. The number of carbonyl (C=O) groups excluding carboxylic acids is 2. The van der Waals surface area contributed by atoms with Crippen LogP contribution in [-0.2, 0) is 16.0 Å². The lowest BCUT2D eigenvalue weighted by molar-refractivity contribution is -0.127. The zero-order valence-corrected chi connectivity index (χ0v) is 19.6. The molecule has 3 aromatic rings. The summed E-state index contributed by atoms with van der Waals surface area (Å²) in [5, 5.41) is 5.96. The summed E-state index contributed by atoms with van der Waals surface area (Å²) in [6, 6.07) is 13.0. The summed E-state index contributed by atoms with van der Waals surface area (Å²) in [5.74, 6) is 0.0371. The summed E-state index contributed by atoms with van der Waals surface area (Å²) >= 11 is 5.05. The van der Waals surface area contributed by atoms with Gasteiger partial charge in [0.2, 0.25) is 5.91 Å². The number of ether oxygens (including phenoxy) is 1. The summed E-state index contributed by atoms with van der Waals surface area (Å²) in [7, 11) is 0. The molecule has 2 heterocycles. The van der Waals surface area contributed by atoms with Gasteiger partial charge in [0, 0.05) is 15.4 Å². The van der Waals surface area contributed by atoms with Crippen molar-refractivity contribution in [2.24, 2.45) is 0 Å². The Labute approximate surface area is 193 Å². The average Bonchev–Trinajstić information content (AvgIpc) is 3.22. The van der Waals surface area contributed by atoms with Crippen molar-refractivity contribution in [1.29, 1.82) is 0 Å². The number of nitrogens with one attached hydrogen (secondary N) is 1. The first-order valence-corrected chi connectivity index (χ1v) is 11.7. The zero-order valence-electron chi connectivity index (χ0n) is 17.2. The molecule has 1 aliphatic heterocycles. The van der Waals surface area contributed by atoms with Crippen LogP contribution in [0.5, 0.6) is 5.75 Å². The smallest absolute Gasteiger partial charge is 0.268 e. The third kappa shape index (κ3) is 4.65. The highest BCUT2D eigenvalue weighted by atomic mass is 79.9. The highest BCUT2D eigenvalue weighted by Crippen LogP contribution is 2.38. The molecule has 0 fully saturated rings. The molecule has 1 N–H and O–H groups in total. The van der Waals surface area contributed by atoms with Crippen LogP contribution >= 0.6 is 27.3 Å². The summed E-state index contributed by atoms with van der Waals surface area (Å²) in [5.41, 5.74) is 2.98. The molecule has 8 heteroatoms. The van der Waals surface area contributed by atoms with Crippen molar-refractivity contribution in [3.8, 4) is 17.0 Å². The van der Waals surface area contributed by atoms with Crippen molar-refractivity contribution in [2.45, 2.75) is 32.8 Å². The molecule has 0 saturated carbocycles. The number of amides is 2. The normalized spacial score (nSPS) is 15.4. The molecule has 4 rings (SSSR count). The Bertz CT molecular complexity index is 1130. The molecule has 2 amide bonds. The van der Waals surface area contributed by atoms with Gasteiger partial charge in [-0.3, -0.25) is 14.5 Å². The van der Waals surface area contributed by atoms with Crippen LogP contribution in [0.25, 0.3) is 11.3 Å². The monoisotopic (exact) mass is 499 g/mol. The van der Waals surface area contributed by atoms with Crippen molar-refractivity contribution in [3.63, 3.8) is 0 Å². The Morgan fingerprint density at radius 1 is 1.29 bits per heavy atom. The minimum Gasteiger partial charge on any atom is -0.479 e. The van der Waals surface area contributed by atoms with Crippen molar-refractivity contribution in [3.05, 3.63) is 57.3 Å². The maximum absolute atomic E-state index is 12.9. The number of para-hydroxylation sites is 1. The van der Waals surface area contributed by atoms with E-state index in [1.807, 2.05) is 41.8 Å². The standard InChI is InChI=1S/C23H22BrN3O3S/c1-3-6-22-26-18(13-31-22)15-9-10-20-19(11-15)27(23(29)14(2)30-20)12-21(28)25-17-8-5-4-7-16(17)24/h4-5,7-11,13-14H,3,6,12H2,1-2H3,(H,25,28). The Hall–Kier alpha value is -2.71.